The van der Waals surface area contributed by atoms with Crippen molar-refractivity contribution in [2.24, 2.45) is 9.98 Å². The van der Waals surface area contributed by atoms with Crippen molar-refractivity contribution >= 4 is 45.7 Å². The molecule has 3 N–H and O–H groups in total. The molecule has 0 unspecified atom stereocenters. The average molecular weight is 980 g/mol. The number of aromatic nitrogens is 1. The Morgan fingerprint density at radius 3 is 0.959 bits per heavy atom. The largest absolute Gasteiger partial charge is 0.490 e. The van der Waals surface area contributed by atoms with E-state index in [1.807, 2.05) is 0 Å². The lowest BCUT2D eigenvalue weighted by Gasteiger charge is -2.11. The van der Waals surface area contributed by atoms with E-state index in [0.717, 1.165) is 106 Å². The molecule has 2 aliphatic carbocycles. The molecule has 4 heterocycles. The summed E-state index contributed by atoms with van der Waals surface area (Å²) in [5, 5.41) is 16.2. The molecule has 73 heavy (non-hydrogen) atoms. The normalized spacial score (nSPS) is 14.0. The second-order valence-electron chi connectivity index (χ2n) is 16.6. The van der Waals surface area contributed by atoms with Crippen LogP contribution >= 0.6 is 0 Å². The summed E-state index contributed by atoms with van der Waals surface area (Å²) in [5.41, 5.74) is 19.1. The van der Waals surface area contributed by atoms with Gasteiger partial charge in [0.2, 0.25) is 0 Å². The second-order valence-corrected chi connectivity index (χ2v) is 16.6. The Kier molecular flexibility index (Phi) is 13.7. The standard InChI is InChI=1S/C56H37N3.2C2HF3O2/c1-6-16-37(17-7-1)38-26-28-43-44(29-27-38)46-36-45(43)53(39-18-8-2-9-19-39)47-30-32-49(57-47)55(41-22-12-4-13-23-41)51-34-35-52(59-51)56(42-24-14-5-15-25-42)50-33-31-48(58-50)54(46)40-20-10-3-11-21-40;2*3-2(4,5)1(6)7/h1-36,59H;2*(H,6,7). The van der Waals surface area contributed by atoms with Crippen molar-refractivity contribution in [2.75, 3.05) is 0 Å². The number of fused-ring (bicyclic) bond motifs is 9. The first-order valence-corrected chi connectivity index (χ1v) is 22.6. The zero-order chi connectivity index (χ0) is 51.3. The van der Waals surface area contributed by atoms with Crippen molar-refractivity contribution in [3.05, 3.63) is 274 Å². The molecule has 360 valence electrons. The van der Waals surface area contributed by atoms with Gasteiger partial charge in [0, 0.05) is 33.0 Å². The predicted octanol–water partition coefficient (Wildman–Crippen LogP) is 12.7. The predicted molar refractivity (Wildman–Crippen MR) is 272 cm³/mol. The Hall–Kier alpha value is -9.36. The molecule has 0 saturated carbocycles. The van der Waals surface area contributed by atoms with Gasteiger partial charge in [-0.05, 0) is 98.1 Å². The average Bonchev–Trinajstić information content (AvgIpc) is 4.21. The van der Waals surface area contributed by atoms with Crippen molar-refractivity contribution in [3.63, 3.8) is 0 Å². The first kappa shape index (κ1) is 48.7. The molecule has 5 aromatic carbocycles. The molecule has 13 heteroatoms. The van der Waals surface area contributed by atoms with E-state index in [1.165, 1.54) is 5.56 Å². The summed E-state index contributed by atoms with van der Waals surface area (Å²) >= 11 is 0. The van der Waals surface area contributed by atoms with Crippen molar-refractivity contribution in [1.82, 2.24) is 4.98 Å². The number of H-pyrrole nitrogens is 1. The minimum atomic E-state index is -5.08. The number of aliphatic imine (C=N–C) groups is 2. The van der Waals surface area contributed by atoms with Crippen LogP contribution in [-0.2, 0) is 9.59 Å². The third-order valence-electron chi connectivity index (χ3n) is 11.9. The topological polar surface area (TPSA) is 115 Å². The van der Waals surface area contributed by atoms with Crippen molar-refractivity contribution in [1.29, 1.82) is 0 Å². The van der Waals surface area contributed by atoms with Crippen molar-refractivity contribution in [2.45, 2.75) is 12.4 Å². The number of carboxylic acid groups (broad SMARTS) is 2. The van der Waals surface area contributed by atoms with Crippen LogP contribution in [0.1, 0.15) is 33.4 Å². The maximum absolute atomic E-state index is 10.6. The number of rotatable bonds is 5. The Morgan fingerprint density at radius 1 is 0.356 bits per heavy atom. The summed E-state index contributed by atoms with van der Waals surface area (Å²) in [5.74, 6) is -5.51. The highest BCUT2D eigenvalue weighted by Gasteiger charge is 2.39. The smallest absolute Gasteiger partial charge is 0.475 e. The number of alkyl halides is 6. The Morgan fingerprint density at radius 2 is 0.644 bits per heavy atom. The Labute approximate surface area is 413 Å². The summed E-state index contributed by atoms with van der Waals surface area (Å²) in [7, 11) is 0. The summed E-state index contributed by atoms with van der Waals surface area (Å²) in [6.07, 6.45) is -1.44. The first-order valence-electron chi connectivity index (χ1n) is 22.6. The minimum Gasteiger partial charge on any atom is -0.475 e. The van der Waals surface area contributed by atoms with Crippen LogP contribution in [0.5, 0.6) is 0 Å². The molecule has 5 aliphatic rings. The number of aliphatic carboxylic acids is 2. The summed E-state index contributed by atoms with van der Waals surface area (Å²) in [4.78, 5) is 32.8. The summed E-state index contributed by atoms with van der Waals surface area (Å²) < 4.78 is 63.5. The third kappa shape index (κ3) is 10.6. The number of allylic oxidation sites excluding steroid dienone is 4. The number of aromatic amines is 1. The molecule has 7 nitrogen and oxygen atoms in total. The van der Waals surface area contributed by atoms with Crippen LogP contribution in [0.3, 0.4) is 0 Å². The molecule has 0 radical (unpaired) electrons. The number of carboxylic acids is 2. The third-order valence-corrected chi connectivity index (χ3v) is 11.9. The molecule has 1 aromatic heterocycles. The van der Waals surface area contributed by atoms with E-state index in [1.54, 1.807) is 0 Å². The van der Waals surface area contributed by atoms with Crippen LogP contribution in [0.15, 0.2) is 240 Å². The van der Waals surface area contributed by atoms with E-state index in [4.69, 9.17) is 29.8 Å². The zero-order valence-corrected chi connectivity index (χ0v) is 38.2. The highest BCUT2D eigenvalue weighted by atomic mass is 19.4. The number of hydrogen-bond donors (Lipinski definition) is 3. The molecule has 0 spiro atoms. The van der Waals surface area contributed by atoms with Gasteiger partial charge in [0.1, 0.15) is 0 Å². The monoisotopic (exact) mass is 979 g/mol. The van der Waals surface area contributed by atoms with E-state index in [0.29, 0.717) is 0 Å². The van der Waals surface area contributed by atoms with Crippen LogP contribution in [0.2, 0.25) is 0 Å². The molecule has 0 atom stereocenters. The van der Waals surface area contributed by atoms with Gasteiger partial charge in [-0.25, -0.2) is 19.6 Å². The second kappa shape index (κ2) is 20.5. The van der Waals surface area contributed by atoms with Crippen LogP contribution in [0, 0.1) is 0 Å². The summed E-state index contributed by atoms with van der Waals surface area (Å²) in [6.45, 7) is 0. The van der Waals surface area contributed by atoms with Crippen molar-refractivity contribution < 1.29 is 46.1 Å². The molecular formula is C60H39F6N3O4. The van der Waals surface area contributed by atoms with E-state index < -0.39 is 24.3 Å². The fourth-order valence-corrected chi connectivity index (χ4v) is 8.74. The van der Waals surface area contributed by atoms with E-state index in [-0.39, 0.29) is 0 Å². The number of nitrogens with one attached hydrogen (secondary N) is 1. The number of nitrogens with zero attached hydrogens (tertiary/aromatic N) is 2. The zero-order valence-electron chi connectivity index (χ0n) is 38.2. The number of hydrogen-bond acceptors (Lipinski definition) is 4. The van der Waals surface area contributed by atoms with Gasteiger partial charge in [-0.15, -0.1) is 0 Å². The molecule has 0 amide bonds. The van der Waals surface area contributed by atoms with E-state index >= 15 is 0 Å². The van der Waals surface area contributed by atoms with Gasteiger partial charge < -0.3 is 15.2 Å². The van der Waals surface area contributed by atoms with Gasteiger partial charge in [-0.3, -0.25) is 0 Å². The number of halogens is 6. The maximum atomic E-state index is 10.6. The van der Waals surface area contributed by atoms with Gasteiger partial charge >= 0.3 is 24.3 Å². The van der Waals surface area contributed by atoms with E-state index in [2.05, 4.69) is 223 Å². The maximum Gasteiger partial charge on any atom is 0.490 e. The fraction of sp³-hybridized carbons (Fsp3) is 0.0333. The lowest BCUT2D eigenvalue weighted by atomic mass is 9.93. The Balaban J connectivity index is 0.000000414. The number of carbonyl (C=O) groups is 2. The van der Waals surface area contributed by atoms with Gasteiger partial charge in [-0.1, -0.05) is 176 Å². The Bertz CT molecular complexity index is 3450. The van der Waals surface area contributed by atoms with Crippen LogP contribution in [-0.4, -0.2) is 50.9 Å². The number of benzene rings is 5. The molecular weight excluding hydrogens is 941 g/mol. The van der Waals surface area contributed by atoms with Crippen LogP contribution in [0.25, 0.3) is 44.5 Å². The molecule has 3 aliphatic heterocycles. The molecule has 6 aromatic rings. The molecule has 0 fully saturated rings. The summed E-state index contributed by atoms with van der Waals surface area (Å²) in [6, 6.07) is 69.1. The van der Waals surface area contributed by atoms with Gasteiger partial charge in [0.25, 0.3) is 0 Å². The molecule has 0 saturated heterocycles. The quantitative estimate of drug-likeness (QED) is 0.149. The molecule has 8 bridgehead atoms. The SMILES string of the molecule is C1=CC2=C(c3ccccc3)c3cc(c4ccc(-c5ccccc5)ccc3-4)C(c3ccccc3)=C3C=CC(=N3)C(c3ccccc3)=c3ccc([nH]3)=C(c3ccccc3)C1=N2.O=C(O)C(F)(F)F.O=C(O)C(F)(F)F. The first-order chi connectivity index (χ1) is 35.2. The minimum absolute atomic E-state index is 0.902. The van der Waals surface area contributed by atoms with E-state index in [9.17, 15) is 26.3 Å². The lowest BCUT2D eigenvalue weighted by Crippen LogP contribution is -2.21. The fourth-order valence-electron chi connectivity index (χ4n) is 8.74. The van der Waals surface area contributed by atoms with Crippen LogP contribution < -0.4 is 10.7 Å². The van der Waals surface area contributed by atoms with Crippen molar-refractivity contribution in [3.8, 4) is 22.3 Å². The highest BCUT2D eigenvalue weighted by Crippen LogP contribution is 2.47. The molecule has 11 rings (SSSR count). The van der Waals surface area contributed by atoms with Gasteiger partial charge in [-0.2, -0.15) is 26.3 Å². The lowest BCUT2D eigenvalue weighted by molar-refractivity contribution is -0.193. The highest BCUT2D eigenvalue weighted by molar-refractivity contribution is 6.32. The van der Waals surface area contributed by atoms with Gasteiger partial charge in [0.15, 0.2) is 0 Å². The van der Waals surface area contributed by atoms with Crippen LogP contribution in [0.4, 0.5) is 26.3 Å². The van der Waals surface area contributed by atoms with Gasteiger partial charge in [0.05, 0.1) is 22.8 Å².